The first-order valence-corrected chi connectivity index (χ1v) is 5.16. The molecule has 2 aromatic rings. The molecule has 14 heavy (non-hydrogen) atoms. The number of nitrogens with two attached hydrogens (primary N) is 2. The second-order valence-electron chi connectivity index (χ2n) is 2.67. The first-order valence-electron chi connectivity index (χ1n) is 3.62. The summed E-state index contributed by atoms with van der Waals surface area (Å²) in [5.41, 5.74) is 6.21. The zero-order valence-electron chi connectivity index (χ0n) is 6.93. The topological polar surface area (TPSA) is 128 Å². The standard InChI is InChI=1S/C6H7N5O2S/c7-4-6(14(8,12)13)10-3-1-2-9-5(3)11-4/h1-2H,(H3,7,9,11)(H2,8,12,13). The highest BCUT2D eigenvalue weighted by molar-refractivity contribution is 7.89. The van der Waals surface area contributed by atoms with Crippen molar-refractivity contribution >= 4 is 27.0 Å². The van der Waals surface area contributed by atoms with E-state index in [1.165, 1.54) is 0 Å². The lowest BCUT2D eigenvalue weighted by molar-refractivity contribution is 0.594. The molecule has 74 valence electrons. The van der Waals surface area contributed by atoms with Crippen LogP contribution in [0.1, 0.15) is 0 Å². The fourth-order valence-corrected chi connectivity index (χ4v) is 1.64. The number of sulfonamides is 1. The van der Waals surface area contributed by atoms with Crippen LogP contribution in [0.25, 0.3) is 11.2 Å². The SMILES string of the molecule is Nc1nc2[nH]ccc2nc1S(N)(=O)=O. The Morgan fingerprint density at radius 3 is 2.71 bits per heavy atom. The van der Waals surface area contributed by atoms with Gasteiger partial charge >= 0.3 is 0 Å². The summed E-state index contributed by atoms with van der Waals surface area (Å²) in [7, 11) is -3.92. The van der Waals surface area contributed by atoms with Crippen LogP contribution < -0.4 is 10.9 Å². The first-order chi connectivity index (χ1) is 6.48. The third-order valence-corrected chi connectivity index (χ3v) is 2.49. The van der Waals surface area contributed by atoms with E-state index >= 15 is 0 Å². The predicted molar refractivity (Wildman–Crippen MR) is 49.7 cm³/mol. The van der Waals surface area contributed by atoms with Crippen molar-refractivity contribution in [2.24, 2.45) is 5.14 Å². The number of aromatic amines is 1. The normalized spacial score (nSPS) is 12.1. The smallest absolute Gasteiger partial charge is 0.259 e. The Morgan fingerprint density at radius 1 is 1.36 bits per heavy atom. The molecule has 2 rings (SSSR count). The second-order valence-corrected chi connectivity index (χ2v) is 4.15. The maximum atomic E-state index is 11.0. The van der Waals surface area contributed by atoms with Crippen LogP contribution in [0, 0.1) is 0 Å². The molecule has 0 bridgehead atoms. The molecule has 0 amide bonds. The second kappa shape index (κ2) is 2.66. The highest BCUT2D eigenvalue weighted by Crippen LogP contribution is 2.15. The van der Waals surface area contributed by atoms with Gasteiger partial charge in [-0.15, -0.1) is 0 Å². The number of nitrogens with zero attached hydrogens (tertiary/aromatic N) is 2. The van der Waals surface area contributed by atoms with Crippen LogP contribution in [0.5, 0.6) is 0 Å². The lowest BCUT2D eigenvalue weighted by atomic mass is 10.5. The molecule has 0 radical (unpaired) electrons. The fraction of sp³-hybridized carbons (Fsp3) is 0. The maximum Gasteiger partial charge on any atom is 0.259 e. The molecule has 0 unspecified atom stereocenters. The molecular formula is C6H7N5O2S. The van der Waals surface area contributed by atoms with Crippen molar-refractivity contribution in [1.82, 2.24) is 15.0 Å². The summed E-state index contributed by atoms with van der Waals surface area (Å²) in [6.45, 7) is 0. The summed E-state index contributed by atoms with van der Waals surface area (Å²) >= 11 is 0. The molecule has 0 aliphatic heterocycles. The van der Waals surface area contributed by atoms with Crippen LogP contribution in [0.4, 0.5) is 5.82 Å². The van der Waals surface area contributed by atoms with Gasteiger partial charge in [-0.3, -0.25) is 0 Å². The Labute approximate surface area is 79.2 Å². The van der Waals surface area contributed by atoms with Crippen LogP contribution in [0.15, 0.2) is 17.3 Å². The minimum absolute atomic E-state index is 0.206. The maximum absolute atomic E-state index is 11.0. The number of hydrogen-bond acceptors (Lipinski definition) is 5. The van der Waals surface area contributed by atoms with Crippen LogP contribution in [-0.4, -0.2) is 23.4 Å². The average molecular weight is 213 g/mol. The molecular weight excluding hydrogens is 206 g/mol. The van der Waals surface area contributed by atoms with Gasteiger partial charge in [0.05, 0.1) is 0 Å². The summed E-state index contributed by atoms with van der Waals surface area (Å²) in [6.07, 6.45) is 1.58. The van der Waals surface area contributed by atoms with Crippen molar-refractivity contribution in [2.45, 2.75) is 5.03 Å². The monoisotopic (exact) mass is 213 g/mol. The van der Waals surface area contributed by atoms with E-state index in [-0.39, 0.29) is 5.82 Å². The summed E-state index contributed by atoms with van der Waals surface area (Å²) < 4.78 is 22.0. The predicted octanol–water partition coefficient (Wildman–Crippen LogP) is -0.812. The number of primary sulfonamides is 1. The summed E-state index contributed by atoms with van der Waals surface area (Å²) in [5.74, 6) is -0.206. The summed E-state index contributed by atoms with van der Waals surface area (Å²) in [6, 6.07) is 1.58. The number of nitrogens with one attached hydrogen (secondary N) is 1. The van der Waals surface area contributed by atoms with Gasteiger partial charge in [0.25, 0.3) is 10.0 Å². The quantitative estimate of drug-likeness (QED) is 0.570. The van der Waals surface area contributed by atoms with Gasteiger partial charge in [0, 0.05) is 6.20 Å². The molecule has 2 heterocycles. The van der Waals surface area contributed by atoms with E-state index in [4.69, 9.17) is 10.9 Å². The van der Waals surface area contributed by atoms with Crippen molar-refractivity contribution in [3.8, 4) is 0 Å². The van der Waals surface area contributed by atoms with Crippen LogP contribution in [-0.2, 0) is 10.0 Å². The number of fused-ring (bicyclic) bond motifs is 1. The number of rotatable bonds is 1. The molecule has 0 fully saturated rings. The van der Waals surface area contributed by atoms with Gasteiger partial charge in [-0.2, -0.15) is 0 Å². The molecule has 0 atom stereocenters. The van der Waals surface area contributed by atoms with Gasteiger partial charge in [-0.25, -0.2) is 23.5 Å². The van der Waals surface area contributed by atoms with E-state index in [0.29, 0.717) is 11.2 Å². The summed E-state index contributed by atoms with van der Waals surface area (Å²) in [4.78, 5) is 10.3. The number of anilines is 1. The van der Waals surface area contributed by atoms with Gasteiger partial charge in [0.15, 0.2) is 11.5 Å². The van der Waals surface area contributed by atoms with Crippen LogP contribution in [0.2, 0.25) is 0 Å². The van der Waals surface area contributed by atoms with Crippen molar-refractivity contribution in [1.29, 1.82) is 0 Å². The molecule has 7 nitrogen and oxygen atoms in total. The number of H-pyrrole nitrogens is 1. The highest BCUT2D eigenvalue weighted by Gasteiger charge is 2.16. The number of hydrogen-bond donors (Lipinski definition) is 3. The molecule has 0 aliphatic rings. The average Bonchev–Trinajstić information content (AvgIpc) is 2.47. The Balaban J connectivity index is 2.84. The zero-order chi connectivity index (χ0) is 10.3. The Kier molecular flexibility index (Phi) is 1.69. The largest absolute Gasteiger partial charge is 0.381 e. The molecule has 0 saturated heterocycles. The zero-order valence-corrected chi connectivity index (χ0v) is 7.75. The lowest BCUT2D eigenvalue weighted by Gasteiger charge is -2.00. The third-order valence-electron chi connectivity index (χ3n) is 1.65. The van der Waals surface area contributed by atoms with Gasteiger partial charge in [0.2, 0.25) is 5.03 Å². The molecule has 0 spiro atoms. The highest BCUT2D eigenvalue weighted by atomic mass is 32.2. The van der Waals surface area contributed by atoms with Crippen LogP contribution >= 0.6 is 0 Å². The van der Waals surface area contributed by atoms with E-state index in [2.05, 4.69) is 15.0 Å². The minimum atomic E-state index is -3.92. The number of aromatic nitrogens is 3. The Hall–Kier alpha value is -1.67. The molecule has 5 N–H and O–H groups in total. The molecule has 0 saturated carbocycles. The van der Waals surface area contributed by atoms with Gasteiger partial charge in [0.1, 0.15) is 5.52 Å². The van der Waals surface area contributed by atoms with E-state index in [1.807, 2.05) is 0 Å². The number of nitrogen functional groups attached to an aromatic ring is 1. The van der Waals surface area contributed by atoms with Crippen molar-refractivity contribution < 1.29 is 8.42 Å². The first kappa shape index (κ1) is 8.91. The van der Waals surface area contributed by atoms with E-state index in [0.717, 1.165) is 0 Å². The third kappa shape index (κ3) is 1.30. The summed E-state index contributed by atoms with van der Waals surface area (Å²) in [5, 5.41) is 4.50. The lowest BCUT2D eigenvalue weighted by Crippen LogP contribution is -2.17. The minimum Gasteiger partial charge on any atom is -0.381 e. The van der Waals surface area contributed by atoms with Crippen molar-refractivity contribution in [3.63, 3.8) is 0 Å². The van der Waals surface area contributed by atoms with Crippen molar-refractivity contribution in [2.75, 3.05) is 5.73 Å². The Bertz CT molecular complexity index is 587. The van der Waals surface area contributed by atoms with E-state index in [9.17, 15) is 8.42 Å². The van der Waals surface area contributed by atoms with Gasteiger partial charge in [-0.1, -0.05) is 0 Å². The van der Waals surface area contributed by atoms with E-state index in [1.54, 1.807) is 12.3 Å². The molecule has 0 aromatic carbocycles. The molecule has 2 aromatic heterocycles. The van der Waals surface area contributed by atoms with Crippen LogP contribution in [0.3, 0.4) is 0 Å². The van der Waals surface area contributed by atoms with Gasteiger partial charge in [-0.05, 0) is 6.07 Å². The fourth-order valence-electron chi connectivity index (χ4n) is 1.08. The molecule has 0 aliphatic carbocycles. The molecule has 8 heteroatoms. The van der Waals surface area contributed by atoms with Gasteiger partial charge < -0.3 is 10.7 Å². The van der Waals surface area contributed by atoms with Crippen molar-refractivity contribution in [3.05, 3.63) is 12.3 Å². The Morgan fingerprint density at radius 2 is 2.07 bits per heavy atom. The van der Waals surface area contributed by atoms with E-state index < -0.39 is 15.0 Å².